The Morgan fingerprint density at radius 2 is 1.92 bits per heavy atom. The molecule has 0 radical (unpaired) electrons. The van der Waals surface area contributed by atoms with E-state index in [-0.39, 0.29) is 5.41 Å². The number of rotatable bonds is 4. The quantitative estimate of drug-likeness (QED) is 0.614. The summed E-state index contributed by atoms with van der Waals surface area (Å²) < 4.78 is 3.61. The molecule has 3 heterocycles. The average molecular weight is 347 g/mol. The van der Waals surface area contributed by atoms with Crippen LogP contribution in [0.15, 0.2) is 55.4 Å². The molecule has 0 saturated carbocycles. The van der Waals surface area contributed by atoms with Crippen LogP contribution < -0.4 is 5.32 Å². The van der Waals surface area contributed by atoms with Crippen LogP contribution in [0.25, 0.3) is 11.2 Å². The maximum Gasteiger partial charge on any atom is 0.152 e. The third kappa shape index (κ3) is 3.15. The highest BCUT2D eigenvalue weighted by atomic mass is 15.3. The van der Waals surface area contributed by atoms with Gasteiger partial charge in [0.25, 0.3) is 0 Å². The van der Waals surface area contributed by atoms with Crippen LogP contribution in [0.3, 0.4) is 0 Å². The van der Waals surface area contributed by atoms with Gasteiger partial charge >= 0.3 is 0 Å². The van der Waals surface area contributed by atoms with Gasteiger partial charge in [-0.3, -0.25) is 0 Å². The van der Waals surface area contributed by atoms with Crippen molar-refractivity contribution < 1.29 is 0 Å². The molecule has 3 aromatic heterocycles. The Bertz CT molecular complexity index is 1010. The van der Waals surface area contributed by atoms with Crippen molar-refractivity contribution in [2.45, 2.75) is 32.7 Å². The molecular formula is C19H21N7. The summed E-state index contributed by atoms with van der Waals surface area (Å²) in [7, 11) is 0. The second kappa shape index (κ2) is 6.25. The number of anilines is 1. The van der Waals surface area contributed by atoms with Crippen molar-refractivity contribution in [3.8, 4) is 5.69 Å². The lowest BCUT2D eigenvalue weighted by Crippen LogP contribution is -2.11. The summed E-state index contributed by atoms with van der Waals surface area (Å²) in [4.78, 5) is 8.45. The Labute approximate surface area is 151 Å². The Kier molecular flexibility index (Phi) is 3.91. The number of hydrogen-bond acceptors (Lipinski definition) is 5. The molecule has 0 saturated heterocycles. The van der Waals surface area contributed by atoms with Gasteiger partial charge in [0, 0.05) is 24.4 Å². The molecule has 0 aliphatic carbocycles. The van der Waals surface area contributed by atoms with E-state index < -0.39 is 0 Å². The summed E-state index contributed by atoms with van der Waals surface area (Å²) in [6.07, 6.45) is 6.86. The van der Waals surface area contributed by atoms with Crippen molar-refractivity contribution in [3.63, 3.8) is 0 Å². The molecule has 26 heavy (non-hydrogen) atoms. The number of benzene rings is 1. The van der Waals surface area contributed by atoms with E-state index in [1.807, 2.05) is 22.8 Å². The second-order valence-corrected chi connectivity index (χ2v) is 7.25. The zero-order valence-electron chi connectivity index (χ0n) is 15.1. The number of hydrogen-bond donors (Lipinski definition) is 1. The smallest absolute Gasteiger partial charge is 0.152 e. The molecule has 1 N–H and O–H groups in total. The number of fused-ring (bicyclic) bond motifs is 1. The van der Waals surface area contributed by atoms with Crippen molar-refractivity contribution in [3.05, 3.63) is 66.6 Å². The van der Waals surface area contributed by atoms with Crippen LogP contribution in [0, 0.1) is 0 Å². The average Bonchev–Trinajstić information content (AvgIpc) is 3.29. The molecule has 0 atom stereocenters. The molecule has 7 nitrogen and oxygen atoms in total. The lowest BCUT2D eigenvalue weighted by Gasteiger charge is -2.13. The minimum atomic E-state index is 0.000475. The molecule has 0 spiro atoms. The van der Waals surface area contributed by atoms with Gasteiger partial charge in [-0.2, -0.15) is 10.2 Å². The van der Waals surface area contributed by atoms with Crippen LogP contribution in [0.1, 0.15) is 32.0 Å². The summed E-state index contributed by atoms with van der Waals surface area (Å²) in [6, 6.07) is 10.3. The fraction of sp³-hybridized carbons (Fsp3) is 0.263. The van der Waals surface area contributed by atoms with Crippen LogP contribution >= 0.6 is 0 Å². The number of aromatic nitrogens is 6. The lowest BCUT2D eigenvalue weighted by molar-refractivity contribution is 0.562. The lowest BCUT2D eigenvalue weighted by atomic mass is 9.92. The first-order valence-corrected chi connectivity index (χ1v) is 8.53. The second-order valence-electron chi connectivity index (χ2n) is 7.25. The molecule has 1 aromatic carbocycles. The minimum Gasteiger partial charge on any atom is -0.364 e. The standard InChI is InChI=1S/C19H21N7/c1-19(2,3)17-10-16-18(21-8-9-25(16)24-17)22-11-14-4-6-15(7-5-14)26-13-20-12-23-26/h4-10,12-13H,11H2,1-3H3,(H,21,22). The van der Waals surface area contributed by atoms with E-state index in [9.17, 15) is 0 Å². The Balaban J connectivity index is 1.53. The maximum absolute atomic E-state index is 4.66. The van der Waals surface area contributed by atoms with Crippen LogP contribution in [0.5, 0.6) is 0 Å². The summed E-state index contributed by atoms with van der Waals surface area (Å²) in [5.74, 6) is 0.829. The first kappa shape index (κ1) is 16.3. The predicted molar refractivity (Wildman–Crippen MR) is 100 cm³/mol. The van der Waals surface area contributed by atoms with E-state index in [1.54, 1.807) is 17.2 Å². The van der Waals surface area contributed by atoms with Gasteiger partial charge in [0.05, 0.1) is 11.4 Å². The van der Waals surface area contributed by atoms with Gasteiger partial charge in [0.2, 0.25) is 0 Å². The Hall–Kier alpha value is -3.22. The highest BCUT2D eigenvalue weighted by Crippen LogP contribution is 2.24. The Morgan fingerprint density at radius 1 is 1.12 bits per heavy atom. The first-order chi connectivity index (χ1) is 12.5. The summed E-state index contributed by atoms with van der Waals surface area (Å²) >= 11 is 0. The molecule has 4 aromatic rings. The highest BCUT2D eigenvalue weighted by Gasteiger charge is 2.19. The molecule has 4 rings (SSSR count). The third-order valence-corrected chi connectivity index (χ3v) is 4.24. The minimum absolute atomic E-state index is 0.000475. The normalized spacial score (nSPS) is 11.8. The zero-order valence-corrected chi connectivity index (χ0v) is 15.1. The van der Waals surface area contributed by atoms with Crippen molar-refractivity contribution >= 4 is 11.3 Å². The summed E-state index contributed by atoms with van der Waals surface area (Å²) in [5.41, 5.74) is 4.17. The first-order valence-electron chi connectivity index (χ1n) is 8.53. The fourth-order valence-electron chi connectivity index (χ4n) is 2.72. The van der Waals surface area contributed by atoms with Crippen LogP contribution in [0.2, 0.25) is 0 Å². The van der Waals surface area contributed by atoms with Crippen molar-refractivity contribution in [2.24, 2.45) is 0 Å². The monoisotopic (exact) mass is 347 g/mol. The number of nitrogens with one attached hydrogen (secondary N) is 1. The molecule has 0 aliphatic rings. The van der Waals surface area contributed by atoms with Gasteiger partial charge in [-0.25, -0.2) is 19.2 Å². The SMILES string of the molecule is CC(C)(C)c1cc2c(NCc3ccc(-n4cncn4)cc3)nccn2n1. The molecule has 0 fully saturated rings. The van der Waals surface area contributed by atoms with Crippen molar-refractivity contribution in [1.29, 1.82) is 0 Å². The predicted octanol–water partition coefficient (Wildman–Crippen LogP) is 3.22. The summed E-state index contributed by atoms with van der Waals surface area (Å²) in [6.45, 7) is 7.16. The molecule has 0 aliphatic heterocycles. The van der Waals surface area contributed by atoms with E-state index in [4.69, 9.17) is 0 Å². The van der Waals surface area contributed by atoms with Crippen LogP contribution in [0.4, 0.5) is 5.82 Å². The van der Waals surface area contributed by atoms with Crippen LogP contribution in [-0.2, 0) is 12.0 Å². The van der Waals surface area contributed by atoms with Gasteiger partial charge in [-0.15, -0.1) is 0 Å². The largest absolute Gasteiger partial charge is 0.364 e. The van der Waals surface area contributed by atoms with Gasteiger partial charge in [0.1, 0.15) is 18.2 Å². The van der Waals surface area contributed by atoms with E-state index >= 15 is 0 Å². The third-order valence-electron chi connectivity index (χ3n) is 4.24. The molecule has 0 unspecified atom stereocenters. The maximum atomic E-state index is 4.66. The van der Waals surface area contributed by atoms with E-state index in [0.29, 0.717) is 6.54 Å². The van der Waals surface area contributed by atoms with E-state index in [1.165, 1.54) is 6.33 Å². The van der Waals surface area contributed by atoms with E-state index in [2.05, 4.69) is 64.5 Å². The van der Waals surface area contributed by atoms with Gasteiger partial charge < -0.3 is 5.32 Å². The molecule has 132 valence electrons. The van der Waals surface area contributed by atoms with Gasteiger partial charge in [0.15, 0.2) is 5.82 Å². The van der Waals surface area contributed by atoms with Gasteiger partial charge in [-0.1, -0.05) is 32.9 Å². The fourth-order valence-corrected chi connectivity index (χ4v) is 2.72. The van der Waals surface area contributed by atoms with E-state index in [0.717, 1.165) is 28.3 Å². The van der Waals surface area contributed by atoms with Crippen molar-refractivity contribution in [2.75, 3.05) is 5.32 Å². The highest BCUT2D eigenvalue weighted by molar-refractivity contribution is 5.68. The molecule has 0 bridgehead atoms. The van der Waals surface area contributed by atoms with Gasteiger partial charge in [-0.05, 0) is 23.8 Å². The molecule has 7 heteroatoms. The molecule has 0 amide bonds. The zero-order chi connectivity index (χ0) is 18.1. The number of nitrogens with zero attached hydrogens (tertiary/aromatic N) is 6. The van der Waals surface area contributed by atoms with Crippen LogP contribution in [-0.4, -0.2) is 29.4 Å². The van der Waals surface area contributed by atoms with Crippen molar-refractivity contribution in [1.82, 2.24) is 29.4 Å². The summed E-state index contributed by atoms with van der Waals surface area (Å²) in [5, 5.41) is 12.2. The topological polar surface area (TPSA) is 72.9 Å². The Morgan fingerprint density at radius 3 is 2.62 bits per heavy atom. The molecular weight excluding hydrogens is 326 g/mol.